The second kappa shape index (κ2) is 18.4. The lowest BCUT2D eigenvalue weighted by Crippen LogP contribution is -2.13. The number of rotatable bonds is 4. The van der Waals surface area contributed by atoms with E-state index in [-0.39, 0.29) is 5.97 Å². The van der Waals surface area contributed by atoms with Gasteiger partial charge in [-0.25, -0.2) is 4.79 Å². The number of hydrogen-bond donors (Lipinski definition) is 0. The summed E-state index contributed by atoms with van der Waals surface area (Å²) in [6.07, 6.45) is 0.547. The third-order valence-electron chi connectivity index (χ3n) is 3.38. The van der Waals surface area contributed by atoms with Crippen molar-refractivity contribution in [3.63, 3.8) is 0 Å². The molecule has 1 rings (SSSR count). The lowest BCUT2D eigenvalue weighted by molar-refractivity contribution is -0.146. The maximum Gasteiger partial charge on any atom is 0.333 e. The van der Waals surface area contributed by atoms with Gasteiger partial charge in [0.25, 0.3) is 0 Å². The summed E-state index contributed by atoms with van der Waals surface area (Å²) in [6, 6.07) is 8.00. The van der Waals surface area contributed by atoms with E-state index < -0.39 is 11.9 Å². The van der Waals surface area contributed by atoms with Crippen LogP contribution < -0.4 is 0 Å². The van der Waals surface area contributed by atoms with Gasteiger partial charge in [-0.2, -0.15) is 0 Å². The number of methoxy groups -OCH3 is 2. The molecule has 0 aliphatic heterocycles. The van der Waals surface area contributed by atoms with Gasteiger partial charge in [-0.05, 0) is 44.4 Å². The SMILES string of the molecule is CC.CC.COC(=O)/C(C)=C(\C)c1ccccc1C.COC(=O)C(C)C=O. The molecule has 0 aromatic heterocycles. The van der Waals surface area contributed by atoms with Crippen molar-refractivity contribution in [3.05, 3.63) is 41.0 Å². The zero-order valence-corrected chi connectivity index (χ0v) is 18.5. The highest BCUT2D eigenvalue weighted by atomic mass is 16.5. The van der Waals surface area contributed by atoms with Crippen LogP contribution in [-0.2, 0) is 23.9 Å². The summed E-state index contributed by atoms with van der Waals surface area (Å²) < 4.78 is 8.93. The zero-order valence-electron chi connectivity index (χ0n) is 18.5. The van der Waals surface area contributed by atoms with E-state index in [1.165, 1.54) is 26.7 Å². The smallest absolute Gasteiger partial charge is 0.333 e. The second-order valence-electron chi connectivity index (χ2n) is 5.00. The number of allylic oxidation sites excluding steroid dienone is 1. The Morgan fingerprint density at radius 2 is 1.44 bits per heavy atom. The summed E-state index contributed by atoms with van der Waals surface area (Å²) in [7, 11) is 2.65. The van der Waals surface area contributed by atoms with Gasteiger partial charge < -0.3 is 14.3 Å². The number of carbonyl (C=O) groups excluding carboxylic acids is 3. The molecule has 0 heterocycles. The largest absolute Gasteiger partial charge is 0.468 e. The molecule has 1 aromatic carbocycles. The first kappa shape index (κ1) is 29.3. The minimum atomic E-state index is -0.625. The lowest BCUT2D eigenvalue weighted by Gasteiger charge is -2.09. The summed E-state index contributed by atoms with van der Waals surface area (Å²) >= 11 is 0. The van der Waals surface area contributed by atoms with Crippen LogP contribution in [0, 0.1) is 12.8 Å². The molecule has 154 valence electrons. The topological polar surface area (TPSA) is 69.7 Å². The van der Waals surface area contributed by atoms with E-state index >= 15 is 0 Å². The highest BCUT2D eigenvalue weighted by Crippen LogP contribution is 2.21. The Balaban J connectivity index is -0.000000408. The number of ether oxygens (including phenoxy) is 2. The fourth-order valence-electron chi connectivity index (χ4n) is 1.74. The average Bonchev–Trinajstić information content (AvgIpc) is 2.74. The van der Waals surface area contributed by atoms with Crippen molar-refractivity contribution >= 4 is 23.8 Å². The summed E-state index contributed by atoms with van der Waals surface area (Å²) in [6.45, 7) is 15.2. The number of hydrogen-bond acceptors (Lipinski definition) is 5. The first-order valence-electron chi connectivity index (χ1n) is 9.15. The molecule has 27 heavy (non-hydrogen) atoms. The Morgan fingerprint density at radius 1 is 0.963 bits per heavy atom. The van der Waals surface area contributed by atoms with Gasteiger partial charge >= 0.3 is 11.9 Å². The van der Waals surface area contributed by atoms with Crippen LogP contribution in [0.15, 0.2) is 29.8 Å². The average molecular weight is 381 g/mol. The van der Waals surface area contributed by atoms with Crippen molar-refractivity contribution < 1.29 is 23.9 Å². The predicted octanol–water partition coefficient (Wildman–Crippen LogP) is 5.01. The van der Waals surface area contributed by atoms with Crippen molar-refractivity contribution in [2.75, 3.05) is 14.2 Å². The third kappa shape index (κ3) is 11.7. The van der Waals surface area contributed by atoms with Crippen LogP contribution in [0.3, 0.4) is 0 Å². The van der Waals surface area contributed by atoms with E-state index in [9.17, 15) is 14.4 Å². The molecule has 0 spiro atoms. The molecule has 1 unspecified atom stereocenters. The summed E-state index contributed by atoms with van der Waals surface area (Å²) in [5.74, 6) is -1.38. The molecule has 0 radical (unpaired) electrons. The van der Waals surface area contributed by atoms with Crippen molar-refractivity contribution in [3.8, 4) is 0 Å². The van der Waals surface area contributed by atoms with Crippen molar-refractivity contribution in [2.24, 2.45) is 5.92 Å². The summed E-state index contributed by atoms with van der Waals surface area (Å²) in [5.41, 5.74) is 3.89. The first-order valence-corrected chi connectivity index (χ1v) is 9.15. The van der Waals surface area contributed by atoms with Gasteiger partial charge in [-0.15, -0.1) is 0 Å². The Kier molecular flexibility index (Phi) is 20.0. The molecule has 0 saturated heterocycles. The summed E-state index contributed by atoms with van der Waals surface area (Å²) in [5, 5.41) is 0. The maximum absolute atomic E-state index is 11.4. The first-order chi connectivity index (χ1) is 12.8. The molecule has 5 heteroatoms. The molecule has 1 aromatic rings. The quantitative estimate of drug-likeness (QED) is 0.318. The molecular formula is C22H36O5. The van der Waals surface area contributed by atoms with Crippen LogP contribution in [-0.4, -0.2) is 32.4 Å². The molecule has 0 fully saturated rings. The Hall–Kier alpha value is -2.43. The molecule has 0 saturated carbocycles. The highest BCUT2D eigenvalue weighted by Gasteiger charge is 2.10. The van der Waals surface area contributed by atoms with Crippen molar-refractivity contribution in [2.45, 2.75) is 55.4 Å². The summed E-state index contributed by atoms with van der Waals surface area (Å²) in [4.78, 5) is 31.5. The van der Waals surface area contributed by atoms with Gasteiger partial charge in [0.15, 0.2) is 0 Å². The number of aryl methyl sites for hydroxylation is 1. The molecule has 1 atom stereocenters. The fourth-order valence-corrected chi connectivity index (χ4v) is 1.74. The van der Waals surface area contributed by atoms with Crippen molar-refractivity contribution in [1.82, 2.24) is 0 Å². The molecule has 0 bridgehead atoms. The van der Waals surface area contributed by atoms with Crippen LogP contribution in [0.2, 0.25) is 0 Å². The molecular weight excluding hydrogens is 344 g/mol. The van der Waals surface area contributed by atoms with Crippen LogP contribution in [0.5, 0.6) is 0 Å². The van der Waals surface area contributed by atoms with Crippen LogP contribution in [0.4, 0.5) is 0 Å². The van der Waals surface area contributed by atoms with E-state index in [0.717, 1.165) is 11.1 Å². The van der Waals surface area contributed by atoms with Crippen molar-refractivity contribution in [1.29, 1.82) is 0 Å². The van der Waals surface area contributed by atoms with Gasteiger partial charge in [0.1, 0.15) is 12.2 Å². The van der Waals surface area contributed by atoms with Gasteiger partial charge in [-0.3, -0.25) is 4.79 Å². The maximum atomic E-state index is 11.4. The Bertz CT molecular complexity index is 588. The van der Waals surface area contributed by atoms with E-state index in [0.29, 0.717) is 11.9 Å². The van der Waals surface area contributed by atoms with E-state index in [4.69, 9.17) is 4.74 Å². The number of aldehydes is 1. The Morgan fingerprint density at radius 3 is 1.78 bits per heavy atom. The molecule has 0 aliphatic carbocycles. The van der Waals surface area contributed by atoms with Crippen LogP contribution >= 0.6 is 0 Å². The predicted molar refractivity (Wildman–Crippen MR) is 111 cm³/mol. The monoisotopic (exact) mass is 380 g/mol. The molecule has 0 N–H and O–H groups in total. The van der Waals surface area contributed by atoms with Gasteiger partial charge in [0, 0.05) is 5.57 Å². The lowest BCUT2D eigenvalue weighted by atomic mass is 9.98. The van der Waals surface area contributed by atoms with Gasteiger partial charge in [0.2, 0.25) is 0 Å². The second-order valence-corrected chi connectivity index (χ2v) is 5.00. The van der Waals surface area contributed by atoms with Gasteiger partial charge in [-0.1, -0.05) is 52.0 Å². The number of esters is 2. The highest BCUT2D eigenvalue weighted by molar-refractivity contribution is 5.96. The van der Waals surface area contributed by atoms with Crippen LogP contribution in [0.1, 0.15) is 59.6 Å². The Labute approximate surface area is 164 Å². The molecule has 5 nitrogen and oxygen atoms in total. The standard InChI is InChI=1S/C13H16O2.C5H8O3.2C2H6/c1-9-7-5-6-8-12(9)10(2)11(3)13(14)15-4;1-4(3-6)5(7)8-2;2*1-2/h5-8H,1-4H3;3-4H,1-2H3;2*1-2H3/b11-10+;;;. The van der Waals surface area contributed by atoms with E-state index in [1.54, 1.807) is 6.92 Å². The van der Waals surface area contributed by atoms with E-state index in [2.05, 4.69) is 4.74 Å². The van der Waals surface area contributed by atoms with E-state index in [1.807, 2.05) is 65.8 Å². The minimum Gasteiger partial charge on any atom is -0.468 e. The molecule has 0 amide bonds. The number of benzene rings is 1. The molecule has 0 aliphatic rings. The number of carbonyl (C=O) groups is 3. The zero-order chi connectivity index (χ0) is 22.0. The fraction of sp³-hybridized carbons (Fsp3) is 0.500. The third-order valence-corrected chi connectivity index (χ3v) is 3.38. The minimum absolute atomic E-state index is 0.268. The van der Waals surface area contributed by atoms with Gasteiger partial charge in [0.05, 0.1) is 14.2 Å². The van der Waals surface area contributed by atoms with Crippen LogP contribution in [0.25, 0.3) is 5.57 Å². The normalized spacial score (nSPS) is 10.7.